The third-order valence-corrected chi connectivity index (χ3v) is 2.47. The van der Waals surface area contributed by atoms with Crippen LogP contribution in [0.2, 0.25) is 0 Å². The van der Waals surface area contributed by atoms with E-state index in [0.717, 1.165) is 11.8 Å². The third-order valence-electron chi connectivity index (χ3n) is 1.48. The summed E-state index contributed by atoms with van der Waals surface area (Å²) in [4.78, 5) is 32.1. The van der Waals surface area contributed by atoms with Crippen LogP contribution in [0.1, 0.15) is 12.8 Å². The molecule has 0 rings (SSSR count). The first-order valence-corrected chi connectivity index (χ1v) is 5.16. The normalized spacial score (nSPS) is 11.9. The number of carboxylic acid groups (broad SMARTS) is 1. The standard InChI is InChI=1S/C8H13NO5S/c1-14-7(12)2-3-15-8(13)5(9)4-6(10)11/h5H,2-4,9H2,1H3,(H,10,11)/t5-/m0/s1. The van der Waals surface area contributed by atoms with E-state index in [9.17, 15) is 14.4 Å². The molecule has 3 N–H and O–H groups in total. The second-order valence-corrected chi connectivity index (χ2v) is 3.80. The van der Waals surface area contributed by atoms with Gasteiger partial charge in [-0.15, -0.1) is 0 Å². The number of carbonyl (C=O) groups excluding carboxylic acids is 2. The smallest absolute Gasteiger partial charge is 0.306 e. The zero-order valence-corrected chi connectivity index (χ0v) is 9.08. The van der Waals surface area contributed by atoms with E-state index >= 15 is 0 Å². The fourth-order valence-corrected chi connectivity index (χ4v) is 1.48. The van der Waals surface area contributed by atoms with E-state index in [1.807, 2.05) is 0 Å². The SMILES string of the molecule is COC(=O)CCSC(=O)[C@@H](N)CC(=O)O. The minimum atomic E-state index is -1.12. The van der Waals surface area contributed by atoms with Crippen molar-refractivity contribution in [1.82, 2.24) is 0 Å². The van der Waals surface area contributed by atoms with Crippen molar-refractivity contribution in [2.45, 2.75) is 18.9 Å². The topological polar surface area (TPSA) is 107 Å². The third kappa shape index (κ3) is 6.92. The first kappa shape index (κ1) is 13.9. The molecule has 0 aromatic heterocycles. The lowest BCUT2D eigenvalue weighted by Gasteiger charge is -2.06. The summed E-state index contributed by atoms with van der Waals surface area (Å²) in [7, 11) is 1.25. The Morgan fingerprint density at radius 3 is 2.53 bits per heavy atom. The molecule has 0 bridgehead atoms. The Balaban J connectivity index is 3.73. The summed E-state index contributed by atoms with van der Waals surface area (Å²) < 4.78 is 4.37. The fraction of sp³-hybridized carbons (Fsp3) is 0.625. The fourth-order valence-electron chi connectivity index (χ4n) is 0.716. The zero-order valence-electron chi connectivity index (χ0n) is 8.26. The van der Waals surface area contributed by atoms with Crippen molar-refractivity contribution >= 4 is 28.8 Å². The molecule has 0 aromatic carbocycles. The first-order chi connectivity index (χ1) is 6.97. The van der Waals surface area contributed by atoms with Gasteiger partial charge in [-0.3, -0.25) is 14.4 Å². The van der Waals surface area contributed by atoms with E-state index in [1.54, 1.807) is 0 Å². The van der Waals surface area contributed by atoms with Gasteiger partial charge in [0, 0.05) is 5.75 Å². The largest absolute Gasteiger partial charge is 0.481 e. The molecule has 0 fully saturated rings. The highest BCUT2D eigenvalue weighted by Gasteiger charge is 2.17. The minimum Gasteiger partial charge on any atom is -0.481 e. The molecule has 0 aromatic rings. The van der Waals surface area contributed by atoms with Crippen LogP contribution in [0, 0.1) is 0 Å². The van der Waals surface area contributed by atoms with Gasteiger partial charge in [0.1, 0.15) is 0 Å². The Bertz CT molecular complexity index is 255. The van der Waals surface area contributed by atoms with Gasteiger partial charge in [-0.25, -0.2) is 0 Å². The number of rotatable bonds is 6. The quantitative estimate of drug-likeness (QED) is 0.604. The lowest BCUT2D eigenvalue weighted by Crippen LogP contribution is -2.31. The van der Waals surface area contributed by atoms with E-state index in [0.29, 0.717) is 0 Å². The molecule has 6 nitrogen and oxygen atoms in total. The summed E-state index contributed by atoms with van der Waals surface area (Å²) in [5.74, 6) is -1.29. The van der Waals surface area contributed by atoms with Crippen LogP contribution in [0.4, 0.5) is 0 Å². The van der Waals surface area contributed by atoms with Gasteiger partial charge in [0.2, 0.25) is 5.12 Å². The Morgan fingerprint density at radius 2 is 2.07 bits per heavy atom. The highest BCUT2D eigenvalue weighted by Crippen LogP contribution is 2.08. The van der Waals surface area contributed by atoms with E-state index in [-0.39, 0.29) is 12.2 Å². The molecule has 0 amide bonds. The monoisotopic (exact) mass is 235 g/mol. The van der Waals surface area contributed by atoms with Gasteiger partial charge in [0.15, 0.2) is 0 Å². The van der Waals surface area contributed by atoms with Gasteiger partial charge >= 0.3 is 11.9 Å². The predicted octanol–water partition coefficient (Wildman–Crippen LogP) is -0.389. The van der Waals surface area contributed by atoms with Crippen LogP contribution in [-0.4, -0.2) is 41.1 Å². The van der Waals surface area contributed by atoms with Crippen molar-refractivity contribution in [3.63, 3.8) is 0 Å². The van der Waals surface area contributed by atoms with Crippen LogP contribution in [0.5, 0.6) is 0 Å². The highest BCUT2D eigenvalue weighted by atomic mass is 32.2. The van der Waals surface area contributed by atoms with Gasteiger partial charge in [-0.05, 0) is 0 Å². The number of ether oxygens (including phenoxy) is 1. The van der Waals surface area contributed by atoms with Crippen molar-refractivity contribution in [3.8, 4) is 0 Å². The number of methoxy groups -OCH3 is 1. The summed E-state index contributed by atoms with van der Waals surface area (Å²) in [6.07, 6.45) is -0.295. The number of carbonyl (C=O) groups is 3. The maximum atomic E-state index is 11.2. The molecular weight excluding hydrogens is 222 g/mol. The zero-order chi connectivity index (χ0) is 11.8. The van der Waals surface area contributed by atoms with Crippen molar-refractivity contribution in [3.05, 3.63) is 0 Å². The number of carboxylic acids is 1. The molecule has 0 saturated carbocycles. The van der Waals surface area contributed by atoms with Crippen LogP contribution in [0.3, 0.4) is 0 Å². The Hall–Kier alpha value is -1.08. The average Bonchev–Trinajstić information content (AvgIpc) is 2.16. The van der Waals surface area contributed by atoms with Crippen LogP contribution in [0.15, 0.2) is 0 Å². The summed E-state index contributed by atoms with van der Waals surface area (Å²) in [6.45, 7) is 0. The van der Waals surface area contributed by atoms with Crippen LogP contribution >= 0.6 is 11.8 Å². The number of esters is 1. The maximum Gasteiger partial charge on any atom is 0.306 e. The van der Waals surface area contributed by atoms with E-state index < -0.39 is 29.5 Å². The second-order valence-electron chi connectivity index (χ2n) is 2.70. The van der Waals surface area contributed by atoms with Gasteiger partial charge in [-0.1, -0.05) is 11.8 Å². The first-order valence-electron chi connectivity index (χ1n) is 4.18. The van der Waals surface area contributed by atoms with Crippen molar-refractivity contribution < 1.29 is 24.2 Å². The number of aliphatic carboxylic acids is 1. The van der Waals surface area contributed by atoms with E-state index in [4.69, 9.17) is 10.8 Å². The van der Waals surface area contributed by atoms with Crippen LogP contribution in [0.25, 0.3) is 0 Å². The molecule has 0 aliphatic rings. The minimum absolute atomic E-state index is 0.104. The molecule has 0 unspecified atom stereocenters. The van der Waals surface area contributed by atoms with Crippen LogP contribution < -0.4 is 5.73 Å². The van der Waals surface area contributed by atoms with Gasteiger partial charge in [-0.2, -0.15) is 0 Å². The van der Waals surface area contributed by atoms with Crippen LogP contribution in [-0.2, 0) is 19.1 Å². The van der Waals surface area contributed by atoms with E-state index in [1.165, 1.54) is 7.11 Å². The lowest BCUT2D eigenvalue weighted by atomic mass is 10.2. The molecule has 0 spiro atoms. The molecule has 0 saturated heterocycles. The van der Waals surface area contributed by atoms with Crippen molar-refractivity contribution in [1.29, 1.82) is 0 Å². The Labute approximate surface area is 91.1 Å². The number of hydrogen-bond donors (Lipinski definition) is 2. The number of hydrogen-bond acceptors (Lipinski definition) is 6. The van der Waals surface area contributed by atoms with Crippen molar-refractivity contribution in [2.75, 3.05) is 12.9 Å². The summed E-state index contributed by atoms with van der Waals surface area (Å²) >= 11 is 0.842. The summed E-state index contributed by atoms with van der Waals surface area (Å²) in [5, 5.41) is 7.94. The van der Waals surface area contributed by atoms with E-state index in [2.05, 4.69) is 4.74 Å². The lowest BCUT2D eigenvalue weighted by molar-refractivity contribution is -0.140. The second kappa shape index (κ2) is 7.24. The summed E-state index contributed by atoms with van der Waals surface area (Å²) in [5.41, 5.74) is 5.30. The molecular formula is C8H13NO5S. The van der Waals surface area contributed by atoms with Gasteiger partial charge in [0.05, 0.1) is 26.0 Å². The predicted molar refractivity (Wildman–Crippen MR) is 54.3 cm³/mol. The number of thioether (sulfide) groups is 1. The Kier molecular flexibility index (Phi) is 6.72. The molecule has 15 heavy (non-hydrogen) atoms. The molecule has 0 radical (unpaired) electrons. The number of nitrogens with two attached hydrogens (primary N) is 1. The molecule has 7 heteroatoms. The van der Waals surface area contributed by atoms with Gasteiger partial charge < -0.3 is 15.6 Å². The molecule has 86 valence electrons. The average molecular weight is 235 g/mol. The molecule has 0 aliphatic carbocycles. The Morgan fingerprint density at radius 1 is 1.47 bits per heavy atom. The maximum absolute atomic E-state index is 11.2. The molecule has 0 aliphatic heterocycles. The van der Waals surface area contributed by atoms with Gasteiger partial charge in [0.25, 0.3) is 0 Å². The molecule has 1 atom stereocenters. The highest BCUT2D eigenvalue weighted by molar-refractivity contribution is 8.13. The summed E-state index contributed by atoms with van der Waals surface area (Å²) in [6, 6.07) is -1.02. The van der Waals surface area contributed by atoms with Crippen molar-refractivity contribution in [2.24, 2.45) is 5.73 Å². The molecule has 0 heterocycles.